The van der Waals surface area contributed by atoms with Crippen molar-refractivity contribution in [2.24, 2.45) is 5.92 Å². The molecule has 0 aromatic carbocycles. The number of rotatable bonds is 2. The Morgan fingerprint density at radius 3 is 2.36 bits per heavy atom. The summed E-state index contributed by atoms with van der Waals surface area (Å²) in [5, 5.41) is 2.88. The Bertz CT molecular complexity index is 555. The third-order valence-electron chi connectivity index (χ3n) is 3.81. The molecule has 0 radical (unpaired) electrons. The number of carbonyl (C=O) groups is 2. The van der Waals surface area contributed by atoms with Gasteiger partial charge in [-0.3, -0.25) is 14.6 Å². The summed E-state index contributed by atoms with van der Waals surface area (Å²) in [4.78, 5) is 30.6. The van der Waals surface area contributed by atoms with Gasteiger partial charge in [0.05, 0.1) is 11.1 Å². The summed E-state index contributed by atoms with van der Waals surface area (Å²) in [7, 11) is 0. The lowest BCUT2D eigenvalue weighted by Crippen LogP contribution is -2.41. The van der Waals surface area contributed by atoms with Crippen LogP contribution in [0.1, 0.15) is 61.3 Å². The molecule has 2 amide bonds. The fraction of sp³-hybridized carbons (Fsp3) is 0.588. The van der Waals surface area contributed by atoms with Gasteiger partial charge in [0.15, 0.2) is 0 Å². The van der Waals surface area contributed by atoms with E-state index < -0.39 is 0 Å². The van der Waals surface area contributed by atoms with Crippen molar-refractivity contribution in [1.82, 2.24) is 15.2 Å². The standard InChI is InChI=1S/C17H25N3O2/c1-12-5-7-20(8-6-12)16(22)14-9-13(10-18-11-14)15(21)19-17(2,3)4/h9-12H,5-8H2,1-4H3,(H,19,21). The molecule has 0 spiro atoms. The molecule has 120 valence electrons. The minimum Gasteiger partial charge on any atom is -0.347 e. The third kappa shape index (κ3) is 4.29. The number of amides is 2. The molecule has 1 fully saturated rings. The number of hydrogen-bond donors (Lipinski definition) is 1. The van der Waals surface area contributed by atoms with Crippen LogP contribution in [0.15, 0.2) is 18.5 Å². The maximum Gasteiger partial charge on any atom is 0.255 e. The molecule has 1 N–H and O–H groups in total. The summed E-state index contributed by atoms with van der Waals surface area (Å²) >= 11 is 0. The van der Waals surface area contributed by atoms with Crippen LogP contribution in [-0.4, -0.2) is 40.3 Å². The number of aromatic nitrogens is 1. The van der Waals surface area contributed by atoms with Crippen molar-refractivity contribution in [3.8, 4) is 0 Å². The zero-order valence-corrected chi connectivity index (χ0v) is 13.8. The van der Waals surface area contributed by atoms with Gasteiger partial charge >= 0.3 is 0 Å². The highest BCUT2D eigenvalue weighted by atomic mass is 16.2. The maximum absolute atomic E-state index is 12.5. The highest BCUT2D eigenvalue weighted by Crippen LogP contribution is 2.18. The summed E-state index contributed by atoms with van der Waals surface area (Å²) in [5.74, 6) is 0.429. The van der Waals surface area contributed by atoms with E-state index in [0.717, 1.165) is 25.9 Å². The van der Waals surface area contributed by atoms with Gasteiger partial charge in [-0.25, -0.2) is 0 Å². The first-order chi connectivity index (χ1) is 10.3. The van der Waals surface area contributed by atoms with Crippen LogP contribution in [-0.2, 0) is 0 Å². The van der Waals surface area contributed by atoms with Crippen LogP contribution in [0.5, 0.6) is 0 Å². The number of pyridine rings is 1. The van der Waals surface area contributed by atoms with Gasteiger partial charge in [-0.1, -0.05) is 6.92 Å². The molecule has 2 rings (SSSR count). The zero-order valence-electron chi connectivity index (χ0n) is 13.8. The molecule has 2 heterocycles. The van der Waals surface area contributed by atoms with E-state index in [9.17, 15) is 9.59 Å². The molecule has 5 heteroatoms. The Morgan fingerprint density at radius 1 is 1.18 bits per heavy atom. The highest BCUT2D eigenvalue weighted by molar-refractivity contribution is 5.99. The molecule has 1 saturated heterocycles. The van der Waals surface area contributed by atoms with Crippen molar-refractivity contribution in [2.45, 2.75) is 46.1 Å². The third-order valence-corrected chi connectivity index (χ3v) is 3.81. The van der Waals surface area contributed by atoms with E-state index in [0.29, 0.717) is 17.0 Å². The Hall–Kier alpha value is -1.91. The van der Waals surface area contributed by atoms with Gasteiger partial charge in [-0.15, -0.1) is 0 Å². The van der Waals surface area contributed by atoms with Gasteiger partial charge in [0.25, 0.3) is 11.8 Å². The van der Waals surface area contributed by atoms with Gasteiger partial charge in [-0.2, -0.15) is 0 Å². The molecular formula is C17H25N3O2. The van der Waals surface area contributed by atoms with Crippen molar-refractivity contribution < 1.29 is 9.59 Å². The lowest BCUT2D eigenvalue weighted by molar-refractivity contribution is 0.0697. The van der Waals surface area contributed by atoms with Gasteiger partial charge in [0.2, 0.25) is 0 Å². The predicted molar refractivity (Wildman–Crippen MR) is 85.8 cm³/mol. The molecule has 0 atom stereocenters. The molecule has 1 aliphatic heterocycles. The second kappa shape index (κ2) is 6.46. The van der Waals surface area contributed by atoms with Gasteiger partial charge in [0, 0.05) is 31.0 Å². The second-order valence-electron chi connectivity index (χ2n) is 7.14. The number of nitrogens with zero attached hydrogens (tertiary/aromatic N) is 2. The molecule has 0 aliphatic carbocycles. The number of likely N-dealkylation sites (tertiary alicyclic amines) is 1. The minimum absolute atomic E-state index is 0.0372. The van der Waals surface area contributed by atoms with Gasteiger partial charge in [0.1, 0.15) is 0 Å². The quantitative estimate of drug-likeness (QED) is 0.913. The van der Waals surface area contributed by atoms with Crippen LogP contribution in [0.4, 0.5) is 0 Å². The number of nitrogens with one attached hydrogen (secondary N) is 1. The Balaban J connectivity index is 2.11. The molecule has 1 aromatic heterocycles. The summed E-state index contributed by atoms with van der Waals surface area (Å²) in [6, 6.07) is 1.63. The zero-order chi connectivity index (χ0) is 16.3. The summed E-state index contributed by atoms with van der Waals surface area (Å²) in [6.07, 6.45) is 5.09. The van der Waals surface area contributed by atoms with Crippen molar-refractivity contribution in [3.63, 3.8) is 0 Å². The molecule has 5 nitrogen and oxygen atoms in total. The number of hydrogen-bond acceptors (Lipinski definition) is 3. The molecular weight excluding hydrogens is 278 g/mol. The van der Waals surface area contributed by atoms with Crippen LogP contribution in [0.3, 0.4) is 0 Å². The van der Waals surface area contributed by atoms with E-state index >= 15 is 0 Å². The first-order valence-corrected chi connectivity index (χ1v) is 7.83. The van der Waals surface area contributed by atoms with Gasteiger partial charge < -0.3 is 10.2 Å². The fourth-order valence-electron chi connectivity index (χ4n) is 2.49. The minimum atomic E-state index is -0.319. The summed E-state index contributed by atoms with van der Waals surface area (Å²) in [5.41, 5.74) is 0.586. The number of piperidine rings is 1. The smallest absolute Gasteiger partial charge is 0.255 e. The predicted octanol–water partition coefficient (Wildman–Crippen LogP) is 2.48. The molecule has 22 heavy (non-hydrogen) atoms. The van der Waals surface area contributed by atoms with E-state index in [2.05, 4.69) is 17.2 Å². The lowest BCUT2D eigenvalue weighted by Gasteiger charge is -2.30. The summed E-state index contributed by atoms with van der Waals surface area (Å²) < 4.78 is 0. The Labute approximate surface area is 132 Å². The van der Waals surface area contributed by atoms with E-state index in [1.165, 1.54) is 12.4 Å². The lowest BCUT2D eigenvalue weighted by atomic mass is 9.98. The van der Waals surface area contributed by atoms with Crippen LogP contribution in [0.25, 0.3) is 0 Å². The maximum atomic E-state index is 12.5. The fourth-order valence-corrected chi connectivity index (χ4v) is 2.49. The molecule has 0 unspecified atom stereocenters. The van der Waals surface area contributed by atoms with E-state index in [1.807, 2.05) is 25.7 Å². The van der Waals surface area contributed by atoms with Crippen molar-refractivity contribution in [1.29, 1.82) is 0 Å². The first-order valence-electron chi connectivity index (χ1n) is 7.83. The first kappa shape index (κ1) is 16.5. The highest BCUT2D eigenvalue weighted by Gasteiger charge is 2.23. The Morgan fingerprint density at radius 2 is 1.77 bits per heavy atom. The van der Waals surface area contributed by atoms with Crippen molar-refractivity contribution in [3.05, 3.63) is 29.6 Å². The number of carbonyl (C=O) groups excluding carboxylic acids is 2. The van der Waals surface area contributed by atoms with Crippen LogP contribution < -0.4 is 5.32 Å². The van der Waals surface area contributed by atoms with E-state index in [-0.39, 0.29) is 17.4 Å². The van der Waals surface area contributed by atoms with E-state index in [1.54, 1.807) is 6.07 Å². The van der Waals surface area contributed by atoms with Crippen molar-refractivity contribution >= 4 is 11.8 Å². The summed E-state index contributed by atoms with van der Waals surface area (Å²) in [6.45, 7) is 9.52. The second-order valence-corrected chi connectivity index (χ2v) is 7.14. The largest absolute Gasteiger partial charge is 0.347 e. The molecule has 0 bridgehead atoms. The van der Waals surface area contributed by atoms with Crippen LogP contribution in [0, 0.1) is 5.92 Å². The Kier molecular flexibility index (Phi) is 4.84. The van der Waals surface area contributed by atoms with Crippen LogP contribution in [0.2, 0.25) is 0 Å². The average Bonchev–Trinajstić information content (AvgIpc) is 2.46. The average molecular weight is 303 g/mol. The van der Waals surface area contributed by atoms with E-state index in [4.69, 9.17) is 0 Å². The molecule has 1 aliphatic rings. The van der Waals surface area contributed by atoms with Crippen LogP contribution >= 0.6 is 0 Å². The van der Waals surface area contributed by atoms with Crippen molar-refractivity contribution in [2.75, 3.05) is 13.1 Å². The monoisotopic (exact) mass is 303 g/mol. The van der Waals surface area contributed by atoms with Gasteiger partial charge in [-0.05, 0) is 45.6 Å². The molecule has 0 saturated carbocycles. The topological polar surface area (TPSA) is 62.3 Å². The molecule has 1 aromatic rings. The SMILES string of the molecule is CC1CCN(C(=O)c2cncc(C(=O)NC(C)(C)C)c2)CC1. The normalized spacial score (nSPS) is 16.5.